The Bertz CT molecular complexity index is 1180. The third-order valence-electron chi connectivity index (χ3n) is 6.32. The first-order chi connectivity index (χ1) is 16.6. The normalized spacial score (nSPS) is 17.1. The topological polar surface area (TPSA) is 71.5 Å². The van der Waals surface area contributed by atoms with Crippen molar-refractivity contribution in [1.29, 1.82) is 0 Å². The molecule has 0 spiro atoms. The van der Waals surface area contributed by atoms with Crippen molar-refractivity contribution in [3.05, 3.63) is 95.1 Å². The number of nitrogens with one attached hydrogen (secondary N) is 1. The summed E-state index contributed by atoms with van der Waals surface area (Å²) in [6.07, 6.45) is 5.99. The van der Waals surface area contributed by atoms with Gasteiger partial charge in [-0.1, -0.05) is 24.3 Å². The molecule has 1 atom stereocenters. The van der Waals surface area contributed by atoms with Gasteiger partial charge in [0.25, 0.3) is 5.91 Å². The van der Waals surface area contributed by atoms with Crippen molar-refractivity contribution in [2.45, 2.75) is 31.8 Å². The van der Waals surface area contributed by atoms with Crippen LogP contribution in [0.3, 0.4) is 0 Å². The lowest BCUT2D eigenvalue weighted by Gasteiger charge is -2.38. The number of carbonyl (C=O) groups is 2. The van der Waals surface area contributed by atoms with Crippen molar-refractivity contribution in [3.63, 3.8) is 0 Å². The van der Waals surface area contributed by atoms with Crippen molar-refractivity contribution in [2.24, 2.45) is 5.92 Å². The van der Waals surface area contributed by atoms with Crippen LogP contribution in [0.4, 0.5) is 4.39 Å². The van der Waals surface area contributed by atoms with Crippen molar-refractivity contribution in [1.82, 2.24) is 15.2 Å². The third-order valence-corrected chi connectivity index (χ3v) is 6.32. The lowest BCUT2D eigenvalue weighted by Crippen LogP contribution is -2.41. The number of carbonyl (C=O) groups excluding carboxylic acids is 2. The van der Waals surface area contributed by atoms with E-state index >= 15 is 0 Å². The number of amides is 2. The molecule has 1 aliphatic heterocycles. The summed E-state index contributed by atoms with van der Waals surface area (Å²) >= 11 is 0. The van der Waals surface area contributed by atoms with E-state index in [0.29, 0.717) is 18.8 Å². The predicted molar refractivity (Wildman–Crippen MR) is 124 cm³/mol. The van der Waals surface area contributed by atoms with Gasteiger partial charge in [0.1, 0.15) is 11.6 Å². The first-order valence-corrected chi connectivity index (χ1v) is 11.6. The number of halogens is 1. The standard InChI is InChI=1S/C27H26FN3O3/c28-22-8-5-20(6-9-22)26-24-14-23(34-17-25(32)30-16-18-2-1-12-29-15-18)10-7-19(24)11-13-31(26)27(33)21-3-4-21/h1-2,5-10,12,14-15,21,26H,3-4,11,13,16-17H2,(H,30,32). The molecule has 1 N–H and O–H groups in total. The largest absolute Gasteiger partial charge is 0.484 e. The van der Waals surface area contributed by atoms with Crippen LogP contribution in [0, 0.1) is 11.7 Å². The van der Waals surface area contributed by atoms with Crippen LogP contribution in [0.2, 0.25) is 0 Å². The van der Waals surface area contributed by atoms with Gasteiger partial charge in [-0.15, -0.1) is 0 Å². The molecule has 1 fully saturated rings. The maximum absolute atomic E-state index is 13.6. The number of rotatable bonds is 7. The maximum Gasteiger partial charge on any atom is 0.258 e. The third kappa shape index (κ3) is 4.93. The van der Waals surface area contributed by atoms with Crippen LogP contribution in [0.5, 0.6) is 5.75 Å². The number of aromatic nitrogens is 1. The lowest BCUT2D eigenvalue weighted by atomic mass is 9.87. The minimum absolute atomic E-state index is 0.0902. The highest BCUT2D eigenvalue weighted by atomic mass is 19.1. The lowest BCUT2D eigenvalue weighted by molar-refractivity contribution is -0.134. The Kier molecular flexibility index (Phi) is 6.25. The van der Waals surface area contributed by atoms with E-state index in [2.05, 4.69) is 10.3 Å². The molecular formula is C27H26FN3O3. The van der Waals surface area contributed by atoms with Gasteiger partial charge in [-0.3, -0.25) is 14.6 Å². The maximum atomic E-state index is 13.6. The van der Waals surface area contributed by atoms with E-state index < -0.39 is 0 Å². The van der Waals surface area contributed by atoms with E-state index in [1.165, 1.54) is 12.1 Å². The number of nitrogens with zero attached hydrogens (tertiary/aromatic N) is 2. The van der Waals surface area contributed by atoms with Crippen LogP contribution >= 0.6 is 0 Å². The van der Waals surface area contributed by atoms with Crippen LogP contribution in [0.1, 0.15) is 41.1 Å². The molecule has 0 radical (unpaired) electrons. The van der Waals surface area contributed by atoms with E-state index in [1.54, 1.807) is 24.5 Å². The van der Waals surface area contributed by atoms with Crippen LogP contribution in [-0.4, -0.2) is 34.8 Å². The average molecular weight is 460 g/mol. The monoisotopic (exact) mass is 459 g/mol. The summed E-state index contributed by atoms with van der Waals surface area (Å²) in [6.45, 7) is 0.886. The summed E-state index contributed by atoms with van der Waals surface area (Å²) in [4.78, 5) is 31.3. The fraction of sp³-hybridized carbons (Fsp3) is 0.296. The van der Waals surface area contributed by atoms with Crippen LogP contribution in [-0.2, 0) is 22.6 Å². The molecule has 1 aliphatic carbocycles. The molecule has 3 aromatic rings. The molecule has 6 nitrogen and oxygen atoms in total. The smallest absolute Gasteiger partial charge is 0.258 e. The Labute approximate surface area is 197 Å². The predicted octanol–water partition coefficient (Wildman–Crippen LogP) is 3.80. The van der Waals surface area contributed by atoms with E-state index in [4.69, 9.17) is 4.74 Å². The fourth-order valence-corrected chi connectivity index (χ4v) is 4.39. The Hall–Kier alpha value is -3.74. The van der Waals surface area contributed by atoms with Crippen LogP contribution < -0.4 is 10.1 Å². The summed E-state index contributed by atoms with van der Waals surface area (Å²) in [7, 11) is 0. The zero-order chi connectivity index (χ0) is 23.5. The van der Waals surface area contributed by atoms with Gasteiger partial charge in [0, 0.05) is 31.4 Å². The molecule has 7 heteroatoms. The molecule has 34 heavy (non-hydrogen) atoms. The quantitative estimate of drug-likeness (QED) is 0.584. The summed E-state index contributed by atoms with van der Waals surface area (Å²) in [5, 5.41) is 2.82. The van der Waals surface area contributed by atoms with E-state index in [9.17, 15) is 14.0 Å². The van der Waals surface area contributed by atoms with Crippen LogP contribution in [0.15, 0.2) is 67.0 Å². The van der Waals surface area contributed by atoms with Crippen molar-refractivity contribution in [3.8, 4) is 5.75 Å². The molecule has 5 rings (SSSR count). The van der Waals surface area contributed by atoms with Gasteiger partial charge in [0.05, 0.1) is 6.04 Å². The number of hydrogen-bond donors (Lipinski definition) is 1. The molecule has 1 unspecified atom stereocenters. The second kappa shape index (κ2) is 9.63. The summed E-state index contributed by atoms with van der Waals surface area (Å²) in [6, 6.07) is 15.5. The highest BCUT2D eigenvalue weighted by Crippen LogP contribution is 2.41. The Balaban J connectivity index is 1.33. The molecule has 174 valence electrons. The highest BCUT2D eigenvalue weighted by Gasteiger charge is 2.39. The molecule has 1 aromatic heterocycles. The number of hydrogen-bond acceptors (Lipinski definition) is 4. The molecule has 2 heterocycles. The van der Waals surface area contributed by atoms with Gasteiger partial charge in [-0.05, 0) is 71.8 Å². The second-order valence-corrected chi connectivity index (χ2v) is 8.80. The molecule has 0 bridgehead atoms. The molecule has 2 aliphatic rings. The molecular weight excluding hydrogens is 433 g/mol. The highest BCUT2D eigenvalue weighted by molar-refractivity contribution is 5.82. The SMILES string of the molecule is O=C(COc1ccc2c(c1)C(c1ccc(F)cc1)N(C(=O)C1CC1)CC2)NCc1cccnc1. The first kappa shape index (κ1) is 22.1. The van der Waals surface area contributed by atoms with Gasteiger partial charge >= 0.3 is 0 Å². The average Bonchev–Trinajstić information content (AvgIpc) is 3.72. The summed E-state index contributed by atoms with van der Waals surface area (Å²) in [5.74, 6) is 0.257. The number of benzene rings is 2. The molecule has 1 saturated carbocycles. The van der Waals surface area contributed by atoms with Gasteiger partial charge in [-0.2, -0.15) is 0 Å². The fourth-order valence-electron chi connectivity index (χ4n) is 4.39. The number of fused-ring (bicyclic) bond motifs is 1. The molecule has 2 aromatic carbocycles. The zero-order valence-electron chi connectivity index (χ0n) is 18.7. The summed E-state index contributed by atoms with van der Waals surface area (Å²) in [5.41, 5.74) is 3.86. The minimum Gasteiger partial charge on any atom is -0.484 e. The van der Waals surface area contributed by atoms with E-state index in [0.717, 1.165) is 41.5 Å². The Morgan fingerprint density at radius 2 is 1.94 bits per heavy atom. The first-order valence-electron chi connectivity index (χ1n) is 11.6. The summed E-state index contributed by atoms with van der Waals surface area (Å²) < 4.78 is 19.4. The second-order valence-electron chi connectivity index (χ2n) is 8.80. The Morgan fingerprint density at radius 3 is 2.68 bits per heavy atom. The molecule has 0 saturated heterocycles. The van der Waals surface area contributed by atoms with Gasteiger partial charge < -0.3 is 15.0 Å². The van der Waals surface area contributed by atoms with Gasteiger partial charge in [-0.25, -0.2) is 4.39 Å². The molecule has 2 amide bonds. The van der Waals surface area contributed by atoms with Crippen molar-refractivity contribution >= 4 is 11.8 Å². The number of pyridine rings is 1. The van der Waals surface area contributed by atoms with Crippen molar-refractivity contribution < 1.29 is 18.7 Å². The van der Waals surface area contributed by atoms with E-state index in [-0.39, 0.29) is 36.2 Å². The Morgan fingerprint density at radius 1 is 1.12 bits per heavy atom. The van der Waals surface area contributed by atoms with E-state index in [1.807, 2.05) is 35.2 Å². The van der Waals surface area contributed by atoms with Crippen LogP contribution in [0.25, 0.3) is 0 Å². The zero-order valence-corrected chi connectivity index (χ0v) is 18.7. The van der Waals surface area contributed by atoms with Gasteiger partial charge in [0.15, 0.2) is 6.61 Å². The van der Waals surface area contributed by atoms with Gasteiger partial charge in [0.2, 0.25) is 5.91 Å². The van der Waals surface area contributed by atoms with Crippen molar-refractivity contribution in [2.75, 3.05) is 13.2 Å². The number of ether oxygens (including phenoxy) is 1. The minimum atomic E-state index is -0.311.